The molecular weight excluding hydrogens is 180 g/mol. The molecule has 0 saturated carbocycles. The monoisotopic (exact) mass is 188 g/mol. The Morgan fingerprint density at radius 1 is 1.07 bits per heavy atom. The van der Waals surface area contributed by atoms with Gasteiger partial charge in [0.25, 0.3) is 0 Å². The van der Waals surface area contributed by atoms with Crippen molar-refractivity contribution in [3.05, 3.63) is 42.0 Å². The standard InChI is InChI=1S/C11H8O3/c12-9-6-2-4-7-3-1-5-8(10(7)9)11(13)14/h1-6,12H,(H,13,14). The second-order valence-electron chi connectivity index (χ2n) is 2.99. The van der Waals surface area contributed by atoms with Gasteiger partial charge in [-0.3, -0.25) is 0 Å². The molecule has 2 aromatic rings. The molecule has 0 fully saturated rings. The summed E-state index contributed by atoms with van der Waals surface area (Å²) < 4.78 is 0. The average molecular weight is 188 g/mol. The van der Waals surface area contributed by atoms with E-state index in [0.717, 1.165) is 5.39 Å². The molecule has 0 heterocycles. The molecule has 0 saturated heterocycles. The quantitative estimate of drug-likeness (QED) is 0.721. The third-order valence-electron chi connectivity index (χ3n) is 2.11. The van der Waals surface area contributed by atoms with E-state index >= 15 is 0 Å². The molecule has 0 bridgehead atoms. The van der Waals surface area contributed by atoms with Gasteiger partial charge in [-0.15, -0.1) is 0 Å². The van der Waals surface area contributed by atoms with Crippen LogP contribution in [0.25, 0.3) is 10.8 Å². The van der Waals surface area contributed by atoms with Gasteiger partial charge in [-0.1, -0.05) is 24.3 Å². The summed E-state index contributed by atoms with van der Waals surface area (Å²) in [4.78, 5) is 10.9. The van der Waals surface area contributed by atoms with Gasteiger partial charge in [0, 0.05) is 5.39 Å². The number of phenolic OH excluding ortho intramolecular Hbond substituents is 1. The van der Waals surface area contributed by atoms with Crippen molar-refractivity contribution >= 4 is 16.7 Å². The predicted molar refractivity (Wildman–Crippen MR) is 52.6 cm³/mol. The maximum absolute atomic E-state index is 10.9. The SMILES string of the molecule is O=C(O)c1cccc2cccc(O)c12. The van der Waals surface area contributed by atoms with Crippen molar-refractivity contribution in [3.63, 3.8) is 0 Å². The molecule has 2 aromatic carbocycles. The van der Waals surface area contributed by atoms with E-state index < -0.39 is 5.97 Å². The van der Waals surface area contributed by atoms with Crippen LogP contribution in [0.5, 0.6) is 5.75 Å². The van der Waals surface area contributed by atoms with Crippen molar-refractivity contribution in [3.8, 4) is 5.75 Å². The number of benzene rings is 2. The van der Waals surface area contributed by atoms with Gasteiger partial charge in [-0.2, -0.15) is 0 Å². The second-order valence-corrected chi connectivity index (χ2v) is 2.99. The highest BCUT2D eigenvalue weighted by Gasteiger charge is 2.10. The topological polar surface area (TPSA) is 57.5 Å². The average Bonchev–Trinajstić information content (AvgIpc) is 2.17. The largest absolute Gasteiger partial charge is 0.507 e. The van der Waals surface area contributed by atoms with E-state index in [1.807, 2.05) is 0 Å². The first-order valence-corrected chi connectivity index (χ1v) is 4.14. The van der Waals surface area contributed by atoms with Crippen molar-refractivity contribution in [1.29, 1.82) is 0 Å². The van der Waals surface area contributed by atoms with Gasteiger partial charge in [0.1, 0.15) is 5.75 Å². The number of hydrogen-bond donors (Lipinski definition) is 2. The molecule has 0 spiro atoms. The summed E-state index contributed by atoms with van der Waals surface area (Å²) in [7, 11) is 0. The lowest BCUT2D eigenvalue weighted by Crippen LogP contribution is -1.96. The molecule has 0 aromatic heterocycles. The first-order valence-electron chi connectivity index (χ1n) is 4.14. The van der Waals surface area contributed by atoms with Crippen molar-refractivity contribution in [2.45, 2.75) is 0 Å². The van der Waals surface area contributed by atoms with Crippen LogP contribution in [0.3, 0.4) is 0 Å². The zero-order valence-corrected chi connectivity index (χ0v) is 7.27. The fraction of sp³-hybridized carbons (Fsp3) is 0. The fourth-order valence-corrected chi connectivity index (χ4v) is 1.50. The van der Waals surface area contributed by atoms with E-state index in [2.05, 4.69) is 0 Å². The summed E-state index contributed by atoms with van der Waals surface area (Å²) in [5.41, 5.74) is 0.126. The minimum absolute atomic E-state index is 0.000463. The molecule has 0 aliphatic carbocycles. The number of aromatic carboxylic acids is 1. The van der Waals surface area contributed by atoms with Crippen LogP contribution in [0.4, 0.5) is 0 Å². The van der Waals surface area contributed by atoms with Gasteiger partial charge in [0.2, 0.25) is 0 Å². The number of phenols is 1. The molecule has 0 amide bonds. The molecule has 3 heteroatoms. The first kappa shape index (κ1) is 8.56. The number of aromatic hydroxyl groups is 1. The van der Waals surface area contributed by atoms with Gasteiger partial charge in [0.05, 0.1) is 5.56 Å². The third kappa shape index (κ3) is 1.19. The Bertz CT molecular complexity index is 498. The summed E-state index contributed by atoms with van der Waals surface area (Å²) in [6, 6.07) is 9.83. The lowest BCUT2D eigenvalue weighted by molar-refractivity contribution is 0.0699. The maximum atomic E-state index is 10.9. The van der Waals surface area contributed by atoms with Crippen LogP contribution in [-0.2, 0) is 0 Å². The summed E-state index contributed by atoms with van der Waals surface area (Å²) in [5, 5.41) is 19.6. The van der Waals surface area contributed by atoms with Crippen molar-refractivity contribution in [2.24, 2.45) is 0 Å². The molecule has 0 atom stereocenters. The second kappa shape index (κ2) is 3.03. The molecule has 0 aliphatic rings. The Morgan fingerprint density at radius 3 is 2.36 bits per heavy atom. The highest BCUT2D eigenvalue weighted by atomic mass is 16.4. The highest BCUT2D eigenvalue weighted by Crippen LogP contribution is 2.27. The van der Waals surface area contributed by atoms with Crippen LogP contribution in [0.1, 0.15) is 10.4 Å². The molecule has 14 heavy (non-hydrogen) atoms. The number of rotatable bonds is 1. The number of carbonyl (C=O) groups is 1. The van der Waals surface area contributed by atoms with E-state index in [0.29, 0.717) is 5.39 Å². The first-order chi connectivity index (χ1) is 6.70. The normalized spacial score (nSPS) is 10.3. The number of hydrogen-bond acceptors (Lipinski definition) is 2. The van der Waals surface area contributed by atoms with E-state index in [9.17, 15) is 9.90 Å². The fourth-order valence-electron chi connectivity index (χ4n) is 1.50. The molecule has 2 rings (SSSR count). The predicted octanol–water partition coefficient (Wildman–Crippen LogP) is 2.24. The zero-order valence-electron chi connectivity index (χ0n) is 7.27. The Balaban J connectivity index is 2.91. The van der Waals surface area contributed by atoms with Crippen LogP contribution >= 0.6 is 0 Å². The van der Waals surface area contributed by atoms with Crippen molar-refractivity contribution < 1.29 is 15.0 Å². The molecule has 70 valence electrons. The highest BCUT2D eigenvalue weighted by molar-refractivity contribution is 6.06. The maximum Gasteiger partial charge on any atom is 0.336 e. The minimum Gasteiger partial charge on any atom is -0.507 e. The Kier molecular flexibility index (Phi) is 1.85. The van der Waals surface area contributed by atoms with Gasteiger partial charge in [0.15, 0.2) is 0 Å². The summed E-state index contributed by atoms with van der Waals surface area (Å²) >= 11 is 0. The number of carboxylic acid groups (broad SMARTS) is 1. The summed E-state index contributed by atoms with van der Waals surface area (Å²) in [6.07, 6.45) is 0. The smallest absolute Gasteiger partial charge is 0.336 e. The van der Waals surface area contributed by atoms with Crippen LogP contribution < -0.4 is 0 Å². The minimum atomic E-state index is -1.03. The zero-order chi connectivity index (χ0) is 10.1. The number of carboxylic acids is 1. The van der Waals surface area contributed by atoms with E-state index in [1.54, 1.807) is 24.3 Å². The lowest BCUT2D eigenvalue weighted by Gasteiger charge is -2.03. The summed E-state index contributed by atoms with van der Waals surface area (Å²) in [6.45, 7) is 0. The molecule has 2 N–H and O–H groups in total. The van der Waals surface area contributed by atoms with Crippen LogP contribution in [0.2, 0.25) is 0 Å². The molecule has 0 radical (unpaired) electrons. The molecule has 3 nitrogen and oxygen atoms in total. The Labute approximate surface area is 80.2 Å². The Hall–Kier alpha value is -2.03. The van der Waals surface area contributed by atoms with Crippen LogP contribution in [0.15, 0.2) is 36.4 Å². The van der Waals surface area contributed by atoms with Gasteiger partial charge in [-0.25, -0.2) is 4.79 Å². The van der Waals surface area contributed by atoms with E-state index in [4.69, 9.17) is 5.11 Å². The molecule has 0 unspecified atom stereocenters. The van der Waals surface area contributed by atoms with E-state index in [1.165, 1.54) is 12.1 Å². The van der Waals surface area contributed by atoms with Gasteiger partial charge >= 0.3 is 5.97 Å². The third-order valence-corrected chi connectivity index (χ3v) is 2.11. The van der Waals surface area contributed by atoms with Gasteiger partial charge < -0.3 is 10.2 Å². The summed E-state index contributed by atoms with van der Waals surface area (Å²) in [5.74, 6) is -1.03. The molecular formula is C11H8O3. The number of fused-ring (bicyclic) bond motifs is 1. The van der Waals surface area contributed by atoms with Crippen molar-refractivity contribution in [2.75, 3.05) is 0 Å². The van der Waals surface area contributed by atoms with Crippen LogP contribution in [-0.4, -0.2) is 16.2 Å². The van der Waals surface area contributed by atoms with Gasteiger partial charge in [-0.05, 0) is 17.5 Å². The molecule has 0 aliphatic heterocycles. The van der Waals surface area contributed by atoms with Crippen molar-refractivity contribution in [1.82, 2.24) is 0 Å². The Morgan fingerprint density at radius 2 is 1.71 bits per heavy atom. The van der Waals surface area contributed by atoms with E-state index in [-0.39, 0.29) is 11.3 Å². The lowest BCUT2D eigenvalue weighted by atomic mass is 10.0. The van der Waals surface area contributed by atoms with Crippen LogP contribution in [0, 0.1) is 0 Å².